The van der Waals surface area contributed by atoms with Crippen molar-refractivity contribution < 1.29 is 13.5 Å². The average Bonchev–Trinajstić information content (AvgIpc) is 2.26. The lowest BCUT2D eigenvalue weighted by Crippen LogP contribution is -2.61. The summed E-state index contributed by atoms with van der Waals surface area (Å²) in [6.45, 7) is 4.01. The molecule has 0 bridgehead atoms. The Morgan fingerprint density at radius 1 is 1.29 bits per heavy atom. The van der Waals surface area contributed by atoms with E-state index in [1.165, 1.54) is 4.31 Å². The molecule has 1 heterocycles. The molecule has 17 heavy (non-hydrogen) atoms. The van der Waals surface area contributed by atoms with E-state index in [-0.39, 0.29) is 13.1 Å². The van der Waals surface area contributed by atoms with Gasteiger partial charge in [0.25, 0.3) is 0 Å². The molecule has 1 aliphatic rings. The van der Waals surface area contributed by atoms with Crippen molar-refractivity contribution in [2.75, 3.05) is 13.1 Å². The second kappa shape index (κ2) is 4.08. The molecule has 1 aromatic rings. The van der Waals surface area contributed by atoms with Gasteiger partial charge in [0.15, 0.2) is 0 Å². The summed E-state index contributed by atoms with van der Waals surface area (Å²) in [7, 11) is -3.42. The molecule has 0 aliphatic carbocycles. The third-order valence-corrected chi connectivity index (χ3v) is 4.81. The molecule has 4 nitrogen and oxygen atoms in total. The molecule has 1 fully saturated rings. The first-order chi connectivity index (χ1) is 7.85. The van der Waals surface area contributed by atoms with Crippen LogP contribution in [0.3, 0.4) is 0 Å². The number of benzene rings is 1. The molecule has 1 saturated heterocycles. The Morgan fingerprint density at radius 3 is 2.24 bits per heavy atom. The SMILES string of the molecule is CCc1ccc(S(=O)(=O)N2CC(C)(O)C2)cc1. The number of β-amino-alcohol motifs (C(OH)–C–C–N with tert-alkyl or cyclic N) is 1. The molecule has 5 heteroatoms. The average molecular weight is 255 g/mol. The van der Waals surface area contributed by atoms with Crippen molar-refractivity contribution in [1.29, 1.82) is 0 Å². The van der Waals surface area contributed by atoms with Crippen molar-refractivity contribution in [3.63, 3.8) is 0 Å². The number of nitrogens with zero attached hydrogens (tertiary/aromatic N) is 1. The van der Waals surface area contributed by atoms with Gasteiger partial charge >= 0.3 is 0 Å². The molecule has 0 spiro atoms. The molecule has 2 rings (SSSR count). The molecule has 0 atom stereocenters. The normalized spacial score (nSPS) is 19.9. The summed E-state index contributed by atoms with van der Waals surface area (Å²) in [5.74, 6) is 0. The highest BCUT2D eigenvalue weighted by molar-refractivity contribution is 7.89. The third kappa shape index (κ3) is 2.36. The second-order valence-electron chi connectivity index (χ2n) is 4.77. The van der Waals surface area contributed by atoms with Crippen molar-refractivity contribution in [2.45, 2.75) is 30.8 Å². The number of aliphatic hydroxyl groups is 1. The lowest BCUT2D eigenvalue weighted by Gasteiger charge is -2.42. The molecule has 0 aromatic heterocycles. The van der Waals surface area contributed by atoms with E-state index in [1.807, 2.05) is 19.1 Å². The van der Waals surface area contributed by atoms with Crippen LogP contribution < -0.4 is 0 Å². The molecule has 0 unspecified atom stereocenters. The van der Waals surface area contributed by atoms with Gasteiger partial charge in [-0.3, -0.25) is 0 Å². The fourth-order valence-electron chi connectivity index (χ4n) is 1.93. The van der Waals surface area contributed by atoms with E-state index in [9.17, 15) is 13.5 Å². The zero-order valence-electron chi connectivity index (χ0n) is 10.0. The van der Waals surface area contributed by atoms with Gasteiger partial charge in [0.05, 0.1) is 10.5 Å². The van der Waals surface area contributed by atoms with Crippen LogP contribution in [0, 0.1) is 0 Å². The molecule has 0 saturated carbocycles. The van der Waals surface area contributed by atoms with Gasteiger partial charge in [-0.05, 0) is 31.0 Å². The molecular weight excluding hydrogens is 238 g/mol. The van der Waals surface area contributed by atoms with Gasteiger partial charge in [0.1, 0.15) is 0 Å². The summed E-state index contributed by atoms with van der Waals surface area (Å²) >= 11 is 0. The maximum absolute atomic E-state index is 12.1. The molecule has 1 aliphatic heterocycles. The Labute approximate surface area is 102 Å². The first-order valence-corrected chi connectivity index (χ1v) is 7.11. The van der Waals surface area contributed by atoms with Gasteiger partial charge in [0, 0.05) is 13.1 Å². The zero-order valence-corrected chi connectivity index (χ0v) is 10.9. The summed E-state index contributed by atoms with van der Waals surface area (Å²) in [6, 6.07) is 6.90. The van der Waals surface area contributed by atoms with Gasteiger partial charge in [-0.1, -0.05) is 19.1 Å². The topological polar surface area (TPSA) is 57.6 Å². The number of sulfonamides is 1. The molecule has 1 aromatic carbocycles. The van der Waals surface area contributed by atoms with Crippen LogP contribution in [0.2, 0.25) is 0 Å². The van der Waals surface area contributed by atoms with Crippen LogP contribution in [0.1, 0.15) is 19.4 Å². The van der Waals surface area contributed by atoms with Crippen LogP contribution in [0.4, 0.5) is 0 Å². The molecule has 1 N–H and O–H groups in total. The Bertz CT molecular complexity index is 497. The van der Waals surface area contributed by atoms with E-state index < -0.39 is 15.6 Å². The maximum atomic E-state index is 12.1. The first-order valence-electron chi connectivity index (χ1n) is 5.67. The third-order valence-electron chi connectivity index (χ3n) is 3.00. The van der Waals surface area contributed by atoms with Crippen LogP contribution in [0.15, 0.2) is 29.2 Å². The molecular formula is C12H17NO3S. The van der Waals surface area contributed by atoms with Crippen LogP contribution in [-0.4, -0.2) is 36.5 Å². The van der Waals surface area contributed by atoms with E-state index in [1.54, 1.807) is 19.1 Å². The maximum Gasteiger partial charge on any atom is 0.243 e. The van der Waals surface area contributed by atoms with Crippen molar-refractivity contribution >= 4 is 10.0 Å². The zero-order chi connectivity index (χ0) is 12.7. The quantitative estimate of drug-likeness (QED) is 0.876. The summed E-state index contributed by atoms with van der Waals surface area (Å²) < 4.78 is 25.5. The summed E-state index contributed by atoms with van der Waals surface area (Å²) in [6.07, 6.45) is 0.888. The number of rotatable bonds is 3. The predicted octanol–water partition coefficient (Wildman–Crippen LogP) is 1.00. The summed E-state index contributed by atoms with van der Waals surface area (Å²) in [4.78, 5) is 0.296. The Hall–Kier alpha value is -0.910. The fraction of sp³-hybridized carbons (Fsp3) is 0.500. The lowest BCUT2D eigenvalue weighted by atomic mass is 10.0. The van der Waals surface area contributed by atoms with Crippen molar-refractivity contribution in [2.24, 2.45) is 0 Å². The first kappa shape index (κ1) is 12.5. The minimum atomic E-state index is -3.42. The largest absolute Gasteiger partial charge is 0.387 e. The van der Waals surface area contributed by atoms with E-state index in [4.69, 9.17) is 0 Å². The van der Waals surface area contributed by atoms with Crippen molar-refractivity contribution in [3.8, 4) is 0 Å². The highest BCUT2D eigenvalue weighted by Crippen LogP contribution is 2.27. The Morgan fingerprint density at radius 2 is 1.82 bits per heavy atom. The van der Waals surface area contributed by atoms with Crippen LogP contribution in [0.25, 0.3) is 0 Å². The van der Waals surface area contributed by atoms with Gasteiger partial charge in [0.2, 0.25) is 10.0 Å². The van der Waals surface area contributed by atoms with Gasteiger partial charge in [-0.15, -0.1) is 0 Å². The van der Waals surface area contributed by atoms with Gasteiger partial charge in [-0.2, -0.15) is 4.31 Å². The number of aryl methyl sites for hydroxylation is 1. The standard InChI is InChI=1S/C12H17NO3S/c1-3-10-4-6-11(7-5-10)17(15,16)13-8-12(2,14)9-13/h4-7,14H,3,8-9H2,1-2H3. The Kier molecular flexibility index (Phi) is 3.01. The number of hydrogen-bond acceptors (Lipinski definition) is 3. The lowest BCUT2D eigenvalue weighted by molar-refractivity contribution is -0.0426. The van der Waals surface area contributed by atoms with Crippen LogP contribution in [0.5, 0.6) is 0 Å². The fourth-order valence-corrected chi connectivity index (χ4v) is 3.60. The van der Waals surface area contributed by atoms with Crippen LogP contribution in [-0.2, 0) is 16.4 Å². The highest BCUT2D eigenvalue weighted by Gasteiger charge is 2.43. The smallest absolute Gasteiger partial charge is 0.243 e. The Balaban J connectivity index is 2.21. The molecule has 0 amide bonds. The van der Waals surface area contributed by atoms with Crippen molar-refractivity contribution in [1.82, 2.24) is 4.31 Å². The minimum Gasteiger partial charge on any atom is -0.387 e. The van der Waals surface area contributed by atoms with E-state index in [0.717, 1.165) is 12.0 Å². The molecule has 94 valence electrons. The highest BCUT2D eigenvalue weighted by atomic mass is 32.2. The van der Waals surface area contributed by atoms with Gasteiger partial charge in [-0.25, -0.2) is 8.42 Å². The summed E-state index contributed by atoms with van der Waals surface area (Å²) in [5.41, 5.74) is 0.232. The molecule has 0 radical (unpaired) electrons. The van der Waals surface area contributed by atoms with E-state index in [2.05, 4.69) is 0 Å². The monoisotopic (exact) mass is 255 g/mol. The van der Waals surface area contributed by atoms with Crippen molar-refractivity contribution in [3.05, 3.63) is 29.8 Å². The predicted molar refractivity (Wildman–Crippen MR) is 65.2 cm³/mol. The summed E-state index contributed by atoms with van der Waals surface area (Å²) in [5, 5.41) is 9.57. The van der Waals surface area contributed by atoms with Gasteiger partial charge < -0.3 is 5.11 Å². The second-order valence-corrected chi connectivity index (χ2v) is 6.71. The number of hydrogen-bond donors (Lipinski definition) is 1. The minimum absolute atomic E-state index is 0.171. The van der Waals surface area contributed by atoms with Crippen LogP contribution >= 0.6 is 0 Å². The van der Waals surface area contributed by atoms with E-state index >= 15 is 0 Å². The van der Waals surface area contributed by atoms with E-state index in [0.29, 0.717) is 4.90 Å².